The van der Waals surface area contributed by atoms with Crippen molar-refractivity contribution in [3.8, 4) is 0 Å². The van der Waals surface area contributed by atoms with Crippen LogP contribution in [0.15, 0.2) is 0 Å². The number of hydrogen-bond acceptors (Lipinski definition) is 3. The van der Waals surface area contributed by atoms with Crippen LogP contribution in [-0.2, 0) is 14.3 Å². The third-order valence-electron chi connectivity index (χ3n) is 2.99. The zero-order chi connectivity index (χ0) is 14.5. The molecule has 1 N–H and O–H groups in total. The van der Waals surface area contributed by atoms with Gasteiger partial charge in [0.25, 0.3) is 0 Å². The van der Waals surface area contributed by atoms with Gasteiger partial charge in [0.1, 0.15) is 6.54 Å². The van der Waals surface area contributed by atoms with Crippen LogP contribution in [0.1, 0.15) is 51.9 Å². The second-order valence-electron chi connectivity index (χ2n) is 4.72. The first kappa shape index (κ1) is 17.9. The predicted molar refractivity (Wildman–Crippen MR) is 74.1 cm³/mol. The highest BCUT2D eigenvalue weighted by Gasteiger charge is 2.15. The molecular weight excluding hydrogens is 246 g/mol. The lowest BCUT2D eigenvalue weighted by atomic mass is 10.1. The molecule has 19 heavy (non-hydrogen) atoms. The molecule has 0 fully saturated rings. The van der Waals surface area contributed by atoms with Gasteiger partial charge in [0.05, 0.1) is 6.61 Å². The predicted octanol–water partition coefficient (Wildman–Crippen LogP) is 2.30. The van der Waals surface area contributed by atoms with Gasteiger partial charge in [0, 0.05) is 20.1 Å². The number of carbonyl (C=O) groups is 2. The minimum atomic E-state index is -0.979. The monoisotopic (exact) mass is 273 g/mol. The van der Waals surface area contributed by atoms with Crippen molar-refractivity contribution in [3.05, 3.63) is 0 Å². The summed E-state index contributed by atoms with van der Waals surface area (Å²) >= 11 is 0. The minimum absolute atomic E-state index is 0.0880. The van der Waals surface area contributed by atoms with Gasteiger partial charge in [-0.05, 0) is 6.42 Å². The van der Waals surface area contributed by atoms with Crippen molar-refractivity contribution >= 4 is 11.9 Å². The molecule has 5 nitrogen and oxygen atoms in total. The number of carbonyl (C=O) groups excluding carboxylic acids is 1. The van der Waals surface area contributed by atoms with E-state index in [0.29, 0.717) is 19.6 Å². The maximum atomic E-state index is 11.9. The van der Waals surface area contributed by atoms with Crippen molar-refractivity contribution in [3.63, 3.8) is 0 Å². The fourth-order valence-corrected chi connectivity index (χ4v) is 1.87. The van der Waals surface area contributed by atoms with Gasteiger partial charge in [-0.2, -0.15) is 0 Å². The Kier molecular flexibility index (Phi) is 11.3. The van der Waals surface area contributed by atoms with Crippen LogP contribution >= 0.6 is 0 Å². The zero-order valence-electron chi connectivity index (χ0n) is 12.2. The van der Waals surface area contributed by atoms with E-state index in [1.54, 1.807) is 0 Å². The van der Waals surface area contributed by atoms with Crippen molar-refractivity contribution < 1.29 is 19.4 Å². The minimum Gasteiger partial charge on any atom is -0.480 e. The van der Waals surface area contributed by atoms with E-state index in [0.717, 1.165) is 19.3 Å². The Labute approximate surface area is 115 Å². The van der Waals surface area contributed by atoms with E-state index in [1.807, 2.05) is 0 Å². The lowest BCUT2D eigenvalue weighted by Crippen LogP contribution is -2.37. The second-order valence-corrected chi connectivity index (χ2v) is 4.72. The van der Waals surface area contributed by atoms with E-state index in [9.17, 15) is 9.59 Å². The quantitative estimate of drug-likeness (QED) is 0.554. The summed E-state index contributed by atoms with van der Waals surface area (Å²) in [5, 5.41) is 8.77. The van der Waals surface area contributed by atoms with Crippen LogP contribution in [0.25, 0.3) is 0 Å². The summed E-state index contributed by atoms with van der Waals surface area (Å²) in [6.45, 7) is 2.65. The first-order valence-corrected chi connectivity index (χ1v) is 7.10. The molecular formula is C14H27NO4. The zero-order valence-corrected chi connectivity index (χ0v) is 12.2. The van der Waals surface area contributed by atoms with Gasteiger partial charge in [0.15, 0.2) is 0 Å². The molecule has 0 atom stereocenters. The number of ether oxygens (including phenoxy) is 1. The van der Waals surface area contributed by atoms with Crippen LogP contribution in [0.4, 0.5) is 0 Å². The molecule has 5 heteroatoms. The van der Waals surface area contributed by atoms with Gasteiger partial charge >= 0.3 is 5.97 Å². The largest absolute Gasteiger partial charge is 0.480 e. The van der Waals surface area contributed by atoms with Crippen molar-refractivity contribution in [1.82, 2.24) is 4.90 Å². The summed E-state index contributed by atoms with van der Waals surface area (Å²) in [6.07, 6.45) is 7.13. The number of unbranched alkanes of at least 4 members (excludes halogenated alkanes) is 5. The SMILES string of the molecule is CCCCCCCCC(=O)N(CCOC)CC(=O)O. The molecule has 0 aromatic heterocycles. The third kappa shape index (κ3) is 10.5. The van der Waals surface area contributed by atoms with Crippen molar-refractivity contribution in [2.75, 3.05) is 26.8 Å². The normalized spacial score (nSPS) is 10.4. The summed E-state index contributed by atoms with van der Waals surface area (Å²) in [5.74, 6) is -1.07. The topological polar surface area (TPSA) is 66.8 Å². The molecule has 0 heterocycles. The Morgan fingerprint density at radius 3 is 2.32 bits per heavy atom. The Hall–Kier alpha value is -1.10. The van der Waals surface area contributed by atoms with Gasteiger partial charge in [-0.1, -0.05) is 39.0 Å². The van der Waals surface area contributed by atoms with Crippen LogP contribution < -0.4 is 0 Å². The molecule has 0 aliphatic heterocycles. The second kappa shape index (κ2) is 12.0. The molecule has 0 aromatic carbocycles. The van der Waals surface area contributed by atoms with E-state index in [4.69, 9.17) is 9.84 Å². The lowest BCUT2D eigenvalue weighted by molar-refractivity contribution is -0.144. The molecule has 0 rings (SSSR count). The van der Waals surface area contributed by atoms with Gasteiger partial charge in [-0.3, -0.25) is 9.59 Å². The van der Waals surface area contributed by atoms with E-state index < -0.39 is 5.97 Å². The molecule has 0 spiro atoms. The summed E-state index contributed by atoms with van der Waals surface area (Å²) in [4.78, 5) is 23.9. The molecule has 0 aliphatic carbocycles. The Morgan fingerprint density at radius 2 is 1.74 bits per heavy atom. The Bertz CT molecular complexity index is 256. The average molecular weight is 273 g/mol. The molecule has 1 amide bonds. The molecule has 112 valence electrons. The fourth-order valence-electron chi connectivity index (χ4n) is 1.87. The van der Waals surface area contributed by atoms with Crippen molar-refractivity contribution in [2.24, 2.45) is 0 Å². The maximum Gasteiger partial charge on any atom is 0.323 e. The standard InChI is InChI=1S/C14H27NO4/c1-3-4-5-6-7-8-9-13(16)15(10-11-19-2)12-14(17)18/h3-12H2,1-2H3,(H,17,18). The summed E-state index contributed by atoms with van der Waals surface area (Å²) in [7, 11) is 1.54. The van der Waals surface area contributed by atoms with Crippen LogP contribution in [0.5, 0.6) is 0 Å². The van der Waals surface area contributed by atoms with E-state index in [-0.39, 0.29) is 12.5 Å². The maximum absolute atomic E-state index is 11.9. The molecule has 0 aliphatic rings. The summed E-state index contributed by atoms with van der Waals surface area (Å²) < 4.78 is 4.89. The molecule has 0 bridgehead atoms. The number of rotatable bonds is 12. The number of hydrogen-bond donors (Lipinski definition) is 1. The number of carboxylic acids is 1. The van der Waals surface area contributed by atoms with E-state index in [1.165, 1.54) is 31.3 Å². The fraction of sp³-hybridized carbons (Fsp3) is 0.857. The Balaban J connectivity index is 3.86. The van der Waals surface area contributed by atoms with Crippen LogP contribution in [0.3, 0.4) is 0 Å². The number of carboxylic acid groups (broad SMARTS) is 1. The summed E-state index contributed by atoms with van der Waals surface area (Å²) in [6, 6.07) is 0. The van der Waals surface area contributed by atoms with Crippen LogP contribution in [0, 0.1) is 0 Å². The number of amides is 1. The van der Waals surface area contributed by atoms with Gasteiger partial charge in [0.2, 0.25) is 5.91 Å². The molecule has 0 saturated heterocycles. The van der Waals surface area contributed by atoms with Gasteiger partial charge in [-0.25, -0.2) is 0 Å². The van der Waals surface area contributed by atoms with E-state index in [2.05, 4.69) is 6.92 Å². The Morgan fingerprint density at radius 1 is 1.11 bits per heavy atom. The smallest absolute Gasteiger partial charge is 0.323 e. The van der Waals surface area contributed by atoms with E-state index >= 15 is 0 Å². The first-order valence-electron chi connectivity index (χ1n) is 7.10. The summed E-state index contributed by atoms with van der Waals surface area (Å²) in [5.41, 5.74) is 0. The number of nitrogens with zero attached hydrogens (tertiary/aromatic N) is 1. The van der Waals surface area contributed by atoms with Crippen LogP contribution in [-0.4, -0.2) is 48.7 Å². The lowest BCUT2D eigenvalue weighted by Gasteiger charge is -2.20. The average Bonchev–Trinajstić information content (AvgIpc) is 2.37. The number of methoxy groups -OCH3 is 1. The first-order chi connectivity index (χ1) is 9.11. The van der Waals surface area contributed by atoms with Gasteiger partial charge < -0.3 is 14.7 Å². The highest BCUT2D eigenvalue weighted by Crippen LogP contribution is 2.08. The van der Waals surface area contributed by atoms with Gasteiger partial charge in [-0.15, -0.1) is 0 Å². The molecule has 0 unspecified atom stereocenters. The highest BCUT2D eigenvalue weighted by molar-refractivity contribution is 5.81. The number of aliphatic carboxylic acids is 1. The van der Waals surface area contributed by atoms with Crippen molar-refractivity contribution in [1.29, 1.82) is 0 Å². The molecule has 0 saturated carbocycles. The van der Waals surface area contributed by atoms with Crippen molar-refractivity contribution in [2.45, 2.75) is 51.9 Å². The molecule has 0 radical (unpaired) electrons. The van der Waals surface area contributed by atoms with Crippen LogP contribution in [0.2, 0.25) is 0 Å². The molecule has 0 aromatic rings. The third-order valence-corrected chi connectivity index (χ3v) is 2.99. The highest BCUT2D eigenvalue weighted by atomic mass is 16.5.